The highest BCUT2D eigenvalue weighted by Crippen LogP contribution is 2.54. The average molecular weight is 208 g/mol. The summed E-state index contributed by atoms with van der Waals surface area (Å²) >= 11 is 0. The lowest BCUT2D eigenvalue weighted by molar-refractivity contribution is 0.328. The maximum Gasteiger partial charge on any atom is 0.0107 e. The molecule has 86 valence electrons. The first-order valence-corrected chi connectivity index (χ1v) is 6.85. The van der Waals surface area contributed by atoms with Crippen molar-refractivity contribution in [3.05, 3.63) is 0 Å². The summed E-state index contributed by atoms with van der Waals surface area (Å²) in [5, 5.41) is 3.65. The second kappa shape index (κ2) is 4.42. The van der Waals surface area contributed by atoms with E-state index in [0.717, 1.165) is 17.8 Å². The topological polar surface area (TPSA) is 15.3 Å². The van der Waals surface area contributed by atoms with Crippen LogP contribution in [0.4, 0.5) is 0 Å². The summed E-state index contributed by atoms with van der Waals surface area (Å²) < 4.78 is 0. The van der Waals surface area contributed by atoms with Crippen molar-refractivity contribution >= 4 is 0 Å². The fraction of sp³-hybridized carbons (Fsp3) is 1.00. The van der Waals surface area contributed by atoms with Crippen LogP contribution in [0.2, 0.25) is 0 Å². The normalized spacial score (nSPS) is 39.6. The van der Waals surface area contributed by atoms with E-state index >= 15 is 0 Å². The van der Waals surface area contributed by atoms with Crippen LogP contribution in [0, 0.1) is 17.8 Å². The Morgan fingerprint density at radius 2 is 1.73 bits per heavy atom. The number of hydrogen-bond donors (Lipinski definition) is 1. The summed E-state index contributed by atoms with van der Waals surface area (Å²) in [6.07, 6.45) is 7.46. The monoisotopic (exact) mass is 208 g/mol. The molecule has 2 heteroatoms. The highest BCUT2D eigenvalue weighted by atomic mass is 15.1. The van der Waals surface area contributed by atoms with E-state index in [1.807, 2.05) is 0 Å². The van der Waals surface area contributed by atoms with Crippen molar-refractivity contribution in [1.29, 1.82) is 0 Å². The van der Waals surface area contributed by atoms with Crippen LogP contribution < -0.4 is 5.32 Å². The van der Waals surface area contributed by atoms with Crippen LogP contribution >= 0.6 is 0 Å². The largest absolute Gasteiger partial charge is 0.315 e. The quantitative estimate of drug-likeness (QED) is 0.692. The maximum atomic E-state index is 3.65. The maximum absolute atomic E-state index is 3.65. The summed E-state index contributed by atoms with van der Waals surface area (Å²) in [6, 6.07) is 0. The van der Waals surface area contributed by atoms with Crippen molar-refractivity contribution in [2.75, 3.05) is 32.7 Å². The van der Waals surface area contributed by atoms with Crippen LogP contribution in [0.15, 0.2) is 0 Å². The molecule has 2 saturated carbocycles. The van der Waals surface area contributed by atoms with Gasteiger partial charge in [-0.2, -0.15) is 0 Å². The summed E-state index contributed by atoms with van der Waals surface area (Å²) in [5.41, 5.74) is 0. The van der Waals surface area contributed by atoms with Gasteiger partial charge in [0.05, 0.1) is 0 Å². The Hall–Kier alpha value is -0.0800. The van der Waals surface area contributed by atoms with Gasteiger partial charge in [0.15, 0.2) is 0 Å². The molecule has 3 rings (SSSR count). The van der Waals surface area contributed by atoms with Crippen molar-refractivity contribution in [3.8, 4) is 0 Å². The molecular weight excluding hydrogens is 184 g/mol. The smallest absolute Gasteiger partial charge is 0.0107 e. The number of nitrogens with zero attached hydrogens (tertiary/aromatic N) is 1. The molecule has 2 aliphatic carbocycles. The van der Waals surface area contributed by atoms with E-state index in [1.54, 1.807) is 6.42 Å². The van der Waals surface area contributed by atoms with E-state index in [1.165, 1.54) is 58.4 Å². The van der Waals surface area contributed by atoms with E-state index < -0.39 is 0 Å². The second-order valence-electron chi connectivity index (χ2n) is 5.85. The van der Waals surface area contributed by atoms with Crippen LogP contribution in [-0.2, 0) is 0 Å². The molecule has 3 aliphatic rings. The zero-order valence-electron chi connectivity index (χ0n) is 9.75. The van der Waals surface area contributed by atoms with Crippen LogP contribution in [0.25, 0.3) is 0 Å². The first-order valence-electron chi connectivity index (χ1n) is 6.85. The van der Waals surface area contributed by atoms with Crippen molar-refractivity contribution in [3.63, 3.8) is 0 Å². The highest BCUT2D eigenvalue weighted by Gasteiger charge is 2.45. The molecule has 1 saturated heterocycles. The fourth-order valence-electron chi connectivity index (χ4n) is 3.56. The Bertz CT molecular complexity index is 201. The fourth-order valence-corrected chi connectivity index (χ4v) is 3.56. The molecule has 1 N–H and O–H groups in total. The number of rotatable bonds is 5. The van der Waals surface area contributed by atoms with Crippen LogP contribution in [0.1, 0.15) is 32.1 Å². The Morgan fingerprint density at radius 1 is 1.00 bits per heavy atom. The molecule has 15 heavy (non-hydrogen) atoms. The van der Waals surface area contributed by atoms with Gasteiger partial charge in [-0.1, -0.05) is 0 Å². The summed E-state index contributed by atoms with van der Waals surface area (Å²) in [7, 11) is 0. The van der Waals surface area contributed by atoms with Gasteiger partial charge < -0.3 is 10.2 Å². The van der Waals surface area contributed by atoms with Gasteiger partial charge in [-0.3, -0.25) is 0 Å². The third-order valence-corrected chi connectivity index (χ3v) is 4.58. The molecule has 1 heterocycles. The zero-order valence-corrected chi connectivity index (χ0v) is 9.75. The zero-order chi connectivity index (χ0) is 10.1. The molecule has 3 fully saturated rings. The first kappa shape index (κ1) is 10.1. The van der Waals surface area contributed by atoms with Crippen molar-refractivity contribution in [1.82, 2.24) is 10.2 Å². The minimum atomic E-state index is 1.02. The van der Waals surface area contributed by atoms with E-state index in [0.29, 0.717) is 0 Å². The van der Waals surface area contributed by atoms with Gasteiger partial charge in [0.2, 0.25) is 0 Å². The van der Waals surface area contributed by atoms with Crippen LogP contribution in [0.3, 0.4) is 0 Å². The van der Waals surface area contributed by atoms with Gasteiger partial charge in [0.1, 0.15) is 0 Å². The molecule has 2 nitrogen and oxygen atoms in total. The SMILES string of the molecule is C1CCN(CCNCC2CC3CC3C2)C1. The Morgan fingerprint density at radius 3 is 2.47 bits per heavy atom. The molecule has 2 unspecified atom stereocenters. The molecule has 2 atom stereocenters. The standard InChI is InChI=1S/C13H24N2/c1-2-5-15(4-1)6-3-14-10-11-7-12-9-13(12)8-11/h11-14H,1-10H2. The summed E-state index contributed by atoms with van der Waals surface area (Å²) in [4.78, 5) is 2.60. The molecule has 0 aromatic rings. The minimum absolute atomic E-state index is 1.02. The van der Waals surface area contributed by atoms with E-state index in [4.69, 9.17) is 0 Å². The van der Waals surface area contributed by atoms with Crippen molar-refractivity contribution < 1.29 is 0 Å². The van der Waals surface area contributed by atoms with Crippen molar-refractivity contribution in [2.24, 2.45) is 17.8 Å². The Kier molecular flexibility index (Phi) is 2.98. The van der Waals surface area contributed by atoms with Crippen LogP contribution in [-0.4, -0.2) is 37.6 Å². The predicted molar refractivity (Wildman–Crippen MR) is 62.9 cm³/mol. The highest BCUT2D eigenvalue weighted by molar-refractivity contribution is 4.96. The Balaban J connectivity index is 1.24. The van der Waals surface area contributed by atoms with Gasteiger partial charge in [-0.05, 0) is 69.5 Å². The molecule has 0 amide bonds. The molecule has 0 radical (unpaired) electrons. The number of fused-ring (bicyclic) bond motifs is 1. The van der Waals surface area contributed by atoms with Gasteiger partial charge >= 0.3 is 0 Å². The lowest BCUT2D eigenvalue weighted by Crippen LogP contribution is -2.32. The van der Waals surface area contributed by atoms with E-state index in [2.05, 4.69) is 10.2 Å². The molecule has 0 aromatic heterocycles. The summed E-state index contributed by atoms with van der Waals surface area (Å²) in [5.74, 6) is 3.32. The Labute approximate surface area is 93.4 Å². The van der Waals surface area contributed by atoms with Crippen LogP contribution in [0.5, 0.6) is 0 Å². The van der Waals surface area contributed by atoms with E-state index in [-0.39, 0.29) is 0 Å². The van der Waals surface area contributed by atoms with Gasteiger partial charge in [0.25, 0.3) is 0 Å². The lowest BCUT2D eigenvalue weighted by Gasteiger charge is -2.17. The number of likely N-dealkylation sites (tertiary alicyclic amines) is 1. The molecule has 0 aromatic carbocycles. The number of hydrogen-bond acceptors (Lipinski definition) is 2. The van der Waals surface area contributed by atoms with Gasteiger partial charge in [0, 0.05) is 13.1 Å². The number of nitrogens with one attached hydrogen (secondary N) is 1. The molecule has 1 aliphatic heterocycles. The third kappa shape index (κ3) is 2.54. The minimum Gasteiger partial charge on any atom is -0.315 e. The first-order chi connectivity index (χ1) is 7.42. The average Bonchev–Trinajstić information content (AvgIpc) is 2.73. The van der Waals surface area contributed by atoms with E-state index in [9.17, 15) is 0 Å². The van der Waals surface area contributed by atoms with Gasteiger partial charge in [-0.25, -0.2) is 0 Å². The molecule has 0 bridgehead atoms. The predicted octanol–water partition coefficient (Wildman–Crippen LogP) is 1.72. The third-order valence-electron chi connectivity index (χ3n) is 4.58. The second-order valence-corrected chi connectivity index (χ2v) is 5.85. The molecular formula is C13H24N2. The summed E-state index contributed by atoms with van der Waals surface area (Å²) in [6.45, 7) is 6.47. The molecule has 0 spiro atoms. The van der Waals surface area contributed by atoms with Gasteiger partial charge in [-0.15, -0.1) is 0 Å². The lowest BCUT2D eigenvalue weighted by atomic mass is 10.0. The van der Waals surface area contributed by atoms with Crippen molar-refractivity contribution in [2.45, 2.75) is 32.1 Å².